The highest BCUT2D eigenvalue weighted by Crippen LogP contribution is 2.46. The van der Waals surface area contributed by atoms with Crippen molar-refractivity contribution in [2.24, 2.45) is 0 Å². The molecule has 0 bridgehead atoms. The summed E-state index contributed by atoms with van der Waals surface area (Å²) in [5.74, 6) is -2.64. The van der Waals surface area contributed by atoms with Gasteiger partial charge >= 0.3 is 47.8 Å². The zero-order valence-corrected chi connectivity index (χ0v) is 55.0. The highest BCUT2D eigenvalue weighted by Gasteiger charge is 2.24. The Morgan fingerprint density at radius 3 is 0.800 bits per heavy atom. The summed E-state index contributed by atoms with van der Waals surface area (Å²) in [6.45, 7) is 12.0. The van der Waals surface area contributed by atoms with Crippen LogP contribution in [-0.4, -0.2) is 74.2 Å². The van der Waals surface area contributed by atoms with Gasteiger partial charge in [0.2, 0.25) is 0 Å². The Morgan fingerprint density at radius 2 is 0.520 bits per heavy atom. The van der Waals surface area contributed by atoms with E-state index in [0.717, 1.165) is 62.1 Å². The van der Waals surface area contributed by atoms with Crippen LogP contribution in [0.25, 0.3) is 32.7 Å². The maximum absolute atomic E-state index is 14.1. The van der Waals surface area contributed by atoms with Crippen molar-refractivity contribution in [2.45, 2.75) is 65.2 Å². The molecule has 0 atom stereocenters. The average molecular weight is 1340 g/mol. The van der Waals surface area contributed by atoms with E-state index in [9.17, 15) is 38.4 Å². The Balaban J connectivity index is 0.717. The largest absolute Gasteiger partial charge is 0.494 e. The summed E-state index contributed by atoms with van der Waals surface area (Å²) in [5, 5.41) is 3.00. The van der Waals surface area contributed by atoms with Crippen LogP contribution in [0.15, 0.2) is 243 Å². The number of carbonyl (C=O) groups is 8. The third kappa shape index (κ3) is 19.4. The molecule has 10 aromatic carbocycles. The van der Waals surface area contributed by atoms with Crippen LogP contribution >= 0.6 is 0 Å². The second-order valence-corrected chi connectivity index (χ2v) is 23.2. The van der Waals surface area contributed by atoms with Crippen LogP contribution in [0.2, 0.25) is 0 Å². The van der Waals surface area contributed by atoms with Gasteiger partial charge in [-0.05, 0) is 244 Å². The normalized spacial score (nSPS) is 10.8. The standard InChI is InChI=1S/C82H70O18/c1-53(2)75(83)93-51-15-7-5-13-49-91-63-35-21-57(22-36-63)77(85)95-65-39-25-59(26-40-65)79(87)97-67-43-29-61(30-44-67)81(89)99-71-47-33-55-17-9-11-19-69(55)73(71)74-70-20-12-10-18-56(70)34-48-72(74)100-82(90)62-31-45-68(46-32-62)98-80(88)60-27-41-66(42-28-60)96-78(86)58-23-37-64(38-24-58)92-50-14-6-8-16-52-94-76(84)54(3)4/h9-12,17-48H,1,3,5-8,13-16,49-52H2,2,4H3. The molecule has 0 N–H and O–H groups in total. The molecule has 10 rings (SSSR count). The van der Waals surface area contributed by atoms with Crippen molar-refractivity contribution in [3.05, 3.63) is 276 Å². The Morgan fingerprint density at radius 1 is 0.270 bits per heavy atom. The minimum absolute atomic E-state index is 0.135. The molecule has 0 spiro atoms. The lowest BCUT2D eigenvalue weighted by Gasteiger charge is -2.19. The fraction of sp³-hybridized carbons (Fsp3) is 0.171. The molecule has 100 heavy (non-hydrogen) atoms. The molecule has 0 aliphatic heterocycles. The Hall–Kier alpha value is -12.4. The molecular formula is C82H70O18. The minimum atomic E-state index is -0.731. The molecule has 0 aliphatic rings. The molecule has 0 unspecified atom stereocenters. The Bertz CT molecular complexity index is 4320. The maximum atomic E-state index is 14.1. The first-order valence-corrected chi connectivity index (χ1v) is 32.4. The first-order valence-electron chi connectivity index (χ1n) is 32.4. The van der Waals surface area contributed by atoms with Gasteiger partial charge in [-0.15, -0.1) is 0 Å². The van der Waals surface area contributed by atoms with Crippen LogP contribution in [-0.2, 0) is 19.1 Å². The summed E-state index contributed by atoms with van der Waals surface area (Å²) in [4.78, 5) is 104. The van der Waals surface area contributed by atoms with E-state index in [1.807, 2.05) is 60.7 Å². The zero-order valence-electron chi connectivity index (χ0n) is 55.0. The van der Waals surface area contributed by atoms with E-state index in [2.05, 4.69) is 13.2 Å². The number of esters is 8. The lowest BCUT2D eigenvalue weighted by Crippen LogP contribution is -2.12. The lowest BCUT2D eigenvalue weighted by molar-refractivity contribution is -0.139. The average Bonchev–Trinajstić information content (AvgIpc) is 0.751. The number of hydrogen-bond donors (Lipinski definition) is 0. The van der Waals surface area contributed by atoms with Gasteiger partial charge in [-0.2, -0.15) is 0 Å². The van der Waals surface area contributed by atoms with Gasteiger partial charge in [-0.25, -0.2) is 38.4 Å². The van der Waals surface area contributed by atoms with Crippen molar-refractivity contribution in [3.8, 4) is 57.1 Å². The van der Waals surface area contributed by atoms with Crippen molar-refractivity contribution in [2.75, 3.05) is 26.4 Å². The zero-order chi connectivity index (χ0) is 70.3. The number of unbranched alkanes of at least 4 members (excludes halogenated alkanes) is 6. The van der Waals surface area contributed by atoms with Crippen LogP contribution in [0.1, 0.15) is 127 Å². The summed E-state index contributed by atoms with van der Waals surface area (Å²) in [7, 11) is 0. The van der Waals surface area contributed by atoms with E-state index in [4.69, 9.17) is 47.4 Å². The number of carbonyl (C=O) groups excluding carboxylic acids is 8. The predicted molar refractivity (Wildman–Crippen MR) is 375 cm³/mol. The molecule has 0 fully saturated rings. The van der Waals surface area contributed by atoms with Crippen molar-refractivity contribution in [1.29, 1.82) is 0 Å². The molecule has 18 nitrogen and oxygen atoms in total. The SMILES string of the molecule is C=C(C)C(=O)OCCCCCCOc1ccc(C(=O)Oc2ccc(C(=O)Oc3ccc(C(=O)Oc4ccc5ccccc5c4-c4c(OC(=O)c5ccc(OC(=O)c6ccc(OC(=O)c7ccc(OCCCCCCOC(=O)C(=C)C)cc7)cc6)cc5)ccc5ccccc45)cc3)cc2)cc1. The fourth-order valence-corrected chi connectivity index (χ4v) is 10.3. The number of rotatable bonds is 31. The number of ether oxygens (including phenoxy) is 10. The molecule has 0 heterocycles. The van der Waals surface area contributed by atoms with Crippen molar-refractivity contribution >= 4 is 69.3 Å². The molecule has 506 valence electrons. The quantitative estimate of drug-likeness (QED) is 0.0170. The first kappa shape index (κ1) is 70.4. The number of benzene rings is 10. The second-order valence-electron chi connectivity index (χ2n) is 23.2. The van der Waals surface area contributed by atoms with Gasteiger partial charge in [0.1, 0.15) is 46.0 Å². The topological polar surface area (TPSA) is 229 Å². The molecule has 0 aromatic heterocycles. The van der Waals surface area contributed by atoms with Gasteiger partial charge in [0.15, 0.2) is 0 Å². The Kier molecular flexibility index (Phi) is 24.3. The first-order chi connectivity index (χ1) is 48.5. The van der Waals surface area contributed by atoms with Gasteiger partial charge < -0.3 is 47.4 Å². The summed E-state index contributed by atoms with van der Waals surface area (Å²) >= 11 is 0. The smallest absolute Gasteiger partial charge is 0.343 e. The van der Waals surface area contributed by atoms with Gasteiger partial charge in [0.05, 0.1) is 59.8 Å². The maximum Gasteiger partial charge on any atom is 0.343 e. The number of hydrogen-bond acceptors (Lipinski definition) is 18. The molecule has 18 heteroatoms. The fourth-order valence-electron chi connectivity index (χ4n) is 10.3. The molecule has 0 aliphatic carbocycles. The molecule has 0 amide bonds. The highest BCUT2D eigenvalue weighted by molar-refractivity contribution is 6.11. The monoisotopic (exact) mass is 1340 g/mol. The van der Waals surface area contributed by atoms with E-state index < -0.39 is 35.8 Å². The number of fused-ring (bicyclic) bond motifs is 2. The highest BCUT2D eigenvalue weighted by atomic mass is 16.6. The van der Waals surface area contributed by atoms with Crippen LogP contribution in [0.3, 0.4) is 0 Å². The van der Waals surface area contributed by atoms with Crippen LogP contribution in [0, 0.1) is 0 Å². The van der Waals surface area contributed by atoms with Gasteiger partial charge in [0.25, 0.3) is 0 Å². The molecule has 0 radical (unpaired) electrons. The van der Waals surface area contributed by atoms with Gasteiger partial charge in [0, 0.05) is 22.3 Å². The van der Waals surface area contributed by atoms with Crippen LogP contribution in [0.4, 0.5) is 0 Å². The second kappa shape index (κ2) is 34.5. The van der Waals surface area contributed by atoms with E-state index in [-0.39, 0.29) is 68.7 Å². The van der Waals surface area contributed by atoms with E-state index in [1.54, 1.807) is 74.5 Å². The minimum Gasteiger partial charge on any atom is -0.494 e. The molecular weight excluding hydrogens is 1270 g/mol. The van der Waals surface area contributed by atoms with E-state index in [0.29, 0.717) is 82.1 Å². The van der Waals surface area contributed by atoms with Crippen LogP contribution < -0.4 is 37.9 Å². The van der Waals surface area contributed by atoms with Crippen molar-refractivity contribution < 1.29 is 85.7 Å². The van der Waals surface area contributed by atoms with Gasteiger partial charge in [-0.1, -0.05) is 73.8 Å². The molecule has 0 saturated heterocycles. The third-order valence-corrected chi connectivity index (χ3v) is 15.6. The van der Waals surface area contributed by atoms with E-state index in [1.165, 1.54) is 97.1 Å². The Labute approximate surface area is 577 Å². The summed E-state index contributed by atoms with van der Waals surface area (Å²) < 4.78 is 56.7. The van der Waals surface area contributed by atoms with Crippen molar-refractivity contribution in [3.63, 3.8) is 0 Å². The predicted octanol–water partition coefficient (Wildman–Crippen LogP) is 17.1. The van der Waals surface area contributed by atoms with Gasteiger partial charge in [-0.3, -0.25) is 0 Å². The third-order valence-electron chi connectivity index (χ3n) is 15.6. The van der Waals surface area contributed by atoms with Crippen molar-refractivity contribution in [1.82, 2.24) is 0 Å². The van der Waals surface area contributed by atoms with E-state index >= 15 is 0 Å². The van der Waals surface area contributed by atoms with Crippen LogP contribution in [0.5, 0.6) is 46.0 Å². The molecule has 0 saturated carbocycles. The summed E-state index contributed by atoms with van der Waals surface area (Å²) in [5.41, 5.74) is 2.90. The lowest BCUT2D eigenvalue weighted by atomic mass is 9.92. The summed E-state index contributed by atoms with van der Waals surface area (Å²) in [6, 6.07) is 58.5. The molecule has 10 aromatic rings. The summed E-state index contributed by atoms with van der Waals surface area (Å²) in [6.07, 6.45) is 6.69.